The molecule has 1 unspecified atom stereocenters. The van der Waals surface area contributed by atoms with Crippen molar-refractivity contribution in [2.24, 2.45) is 7.05 Å². The van der Waals surface area contributed by atoms with Crippen LogP contribution in [0.1, 0.15) is 12.5 Å². The molecule has 0 radical (unpaired) electrons. The third kappa shape index (κ3) is 3.91. The molecule has 1 N–H and O–H groups in total. The van der Waals surface area contributed by atoms with Crippen molar-refractivity contribution in [3.63, 3.8) is 0 Å². The van der Waals surface area contributed by atoms with Crippen molar-refractivity contribution in [3.8, 4) is 10.7 Å². The third-order valence-electron chi connectivity index (χ3n) is 3.67. The Morgan fingerprint density at radius 3 is 2.84 bits per heavy atom. The third-order valence-corrected chi connectivity index (χ3v) is 5.67. The van der Waals surface area contributed by atoms with Gasteiger partial charge in [-0.25, -0.2) is 4.39 Å². The van der Waals surface area contributed by atoms with Gasteiger partial charge in [0.15, 0.2) is 11.0 Å². The second kappa shape index (κ2) is 7.37. The van der Waals surface area contributed by atoms with E-state index in [1.54, 1.807) is 37.3 Å². The molecule has 1 aromatic carbocycles. The molecule has 0 fully saturated rings. The van der Waals surface area contributed by atoms with Crippen LogP contribution in [0.4, 0.5) is 10.1 Å². The first-order valence-electron chi connectivity index (χ1n) is 7.62. The van der Waals surface area contributed by atoms with Crippen LogP contribution in [0.3, 0.4) is 0 Å². The summed E-state index contributed by atoms with van der Waals surface area (Å²) in [5.41, 5.74) is 0.985. The van der Waals surface area contributed by atoms with Gasteiger partial charge >= 0.3 is 0 Å². The summed E-state index contributed by atoms with van der Waals surface area (Å²) >= 11 is 2.90. The van der Waals surface area contributed by atoms with Gasteiger partial charge in [0.05, 0.1) is 10.1 Å². The van der Waals surface area contributed by atoms with Gasteiger partial charge in [-0.1, -0.05) is 23.9 Å². The summed E-state index contributed by atoms with van der Waals surface area (Å²) in [6, 6.07) is 8.58. The number of hydrogen-bond donors (Lipinski definition) is 1. The summed E-state index contributed by atoms with van der Waals surface area (Å²) in [7, 11) is 1.87. The summed E-state index contributed by atoms with van der Waals surface area (Å²) in [5.74, 6) is 0.214. The fourth-order valence-electron chi connectivity index (χ4n) is 2.16. The van der Waals surface area contributed by atoms with Crippen LogP contribution < -0.4 is 5.32 Å². The van der Waals surface area contributed by atoms with E-state index in [0.29, 0.717) is 16.4 Å². The van der Waals surface area contributed by atoms with E-state index in [2.05, 4.69) is 15.5 Å². The summed E-state index contributed by atoms with van der Waals surface area (Å²) in [5, 5.41) is 13.3. The Morgan fingerprint density at radius 1 is 1.36 bits per heavy atom. The Kier molecular flexibility index (Phi) is 5.19. The molecule has 5 nitrogen and oxygen atoms in total. The molecular formula is C17H17FN4OS2. The molecule has 8 heteroatoms. The zero-order valence-corrected chi connectivity index (χ0v) is 15.6. The van der Waals surface area contributed by atoms with E-state index in [1.165, 1.54) is 17.8 Å². The minimum atomic E-state index is -0.400. The van der Waals surface area contributed by atoms with Gasteiger partial charge in [-0.3, -0.25) is 4.79 Å². The molecule has 0 saturated carbocycles. The maximum Gasteiger partial charge on any atom is 0.237 e. The van der Waals surface area contributed by atoms with Gasteiger partial charge in [0.2, 0.25) is 5.91 Å². The molecular weight excluding hydrogens is 359 g/mol. The molecule has 3 rings (SSSR count). The highest BCUT2D eigenvalue weighted by atomic mass is 32.2. The molecule has 0 saturated heterocycles. The molecule has 2 heterocycles. The summed E-state index contributed by atoms with van der Waals surface area (Å²) in [6.45, 7) is 3.46. The monoisotopic (exact) mass is 376 g/mol. The highest BCUT2D eigenvalue weighted by Gasteiger charge is 2.20. The van der Waals surface area contributed by atoms with Crippen LogP contribution in [-0.4, -0.2) is 25.9 Å². The number of thiophene rings is 1. The molecule has 1 atom stereocenters. The van der Waals surface area contributed by atoms with Crippen molar-refractivity contribution in [3.05, 3.63) is 47.1 Å². The van der Waals surface area contributed by atoms with Gasteiger partial charge < -0.3 is 9.88 Å². The lowest BCUT2D eigenvalue weighted by atomic mass is 10.2. The van der Waals surface area contributed by atoms with Gasteiger partial charge in [-0.2, -0.15) is 0 Å². The molecule has 0 aliphatic heterocycles. The molecule has 3 aromatic rings. The molecule has 1 amide bonds. The lowest BCUT2D eigenvalue weighted by molar-refractivity contribution is -0.115. The summed E-state index contributed by atoms with van der Waals surface area (Å²) in [4.78, 5) is 13.4. The van der Waals surface area contributed by atoms with E-state index in [9.17, 15) is 9.18 Å². The zero-order chi connectivity index (χ0) is 18.0. The van der Waals surface area contributed by atoms with Crippen LogP contribution in [-0.2, 0) is 11.8 Å². The first kappa shape index (κ1) is 17.6. The van der Waals surface area contributed by atoms with Crippen molar-refractivity contribution < 1.29 is 9.18 Å². The first-order chi connectivity index (χ1) is 12.0. The van der Waals surface area contributed by atoms with E-state index in [4.69, 9.17) is 0 Å². The van der Waals surface area contributed by atoms with E-state index in [1.807, 2.05) is 29.1 Å². The Balaban J connectivity index is 1.68. The number of aromatic nitrogens is 3. The molecule has 0 bridgehead atoms. The quantitative estimate of drug-likeness (QED) is 0.681. The van der Waals surface area contributed by atoms with Crippen molar-refractivity contribution in [2.45, 2.75) is 24.3 Å². The Hall–Kier alpha value is -2.19. The number of halogens is 1. The maximum absolute atomic E-state index is 13.6. The largest absolute Gasteiger partial charge is 0.325 e. The average Bonchev–Trinajstić information content (AvgIpc) is 3.21. The fourth-order valence-corrected chi connectivity index (χ4v) is 3.72. The van der Waals surface area contributed by atoms with Crippen LogP contribution in [0.5, 0.6) is 0 Å². The SMILES string of the molecule is Cc1ccc(NC(=O)C(C)Sc2nnc(-c3cccs3)n2C)cc1F. The van der Waals surface area contributed by atoms with Gasteiger partial charge in [0.25, 0.3) is 0 Å². The number of amides is 1. The Bertz CT molecular complexity index is 892. The van der Waals surface area contributed by atoms with Crippen LogP contribution in [0.15, 0.2) is 40.9 Å². The normalized spacial score (nSPS) is 12.2. The number of rotatable bonds is 5. The number of nitrogens with one attached hydrogen (secondary N) is 1. The standard InChI is InChI=1S/C17H17FN4OS2/c1-10-6-7-12(9-13(10)18)19-16(23)11(2)25-17-21-20-15(22(17)3)14-5-4-8-24-14/h4-9,11H,1-3H3,(H,19,23). The predicted molar refractivity (Wildman–Crippen MR) is 99.4 cm³/mol. The molecule has 25 heavy (non-hydrogen) atoms. The maximum atomic E-state index is 13.6. The van der Waals surface area contributed by atoms with Crippen LogP contribution >= 0.6 is 23.1 Å². The van der Waals surface area contributed by atoms with E-state index < -0.39 is 5.25 Å². The summed E-state index contributed by atoms with van der Waals surface area (Å²) in [6.07, 6.45) is 0. The number of thioether (sulfide) groups is 1. The van der Waals surface area contributed by atoms with Crippen molar-refractivity contribution >= 4 is 34.7 Å². The second-order valence-corrected chi connectivity index (χ2v) is 7.81. The molecule has 0 spiro atoms. The highest BCUT2D eigenvalue weighted by Crippen LogP contribution is 2.28. The number of anilines is 1. The number of carbonyl (C=O) groups is 1. The van der Waals surface area contributed by atoms with Crippen LogP contribution in [0.25, 0.3) is 10.7 Å². The Labute approximate surface area is 153 Å². The molecule has 0 aliphatic rings. The zero-order valence-electron chi connectivity index (χ0n) is 14.0. The lowest BCUT2D eigenvalue weighted by Gasteiger charge is -2.12. The van der Waals surface area contributed by atoms with Crippen LogP contribution in [0.2, 0.25) is 0 Å². The van der Waals surface area contributed by atoms with E-state index >= 15 is 0 Å². The van der Waals surface area contributed by atoms with Gasteiger partial charge in [0, 0.05) is 12.7 Å². The highest BCUT2D eigenvalue weighted by molar-refractivity contribution is 8.00. The van der Waals surface area contributed by atoms with Crippen LogP contribution in [0, 0.1) is 12.7 Å². The number of benzene rings is 1. The lowest BCUT2D eigenvalue weighted by Crippen LogP contribution is -2.23. The minimum Gasteiger partial charge on any atom is -0.325 e. The second-order valence-electron chi connectivity index (χ2n) is 5.56. The minimum absolute atomic E-state index is 0.214. The van der Waals surface area contributed by atoms with Crippen molar-refractivity contribution in [2.75, 3.05) is 5.32 Å². The number of aryl methyl sites for hydroxylation is 1. The van der Waals surface area contributed by atoms with E-state index in [-0.39, 0.29) is 11.7 Å². The smallest absolute Gasteiger partial charge is 0.237 e. The van der Waals surface area contributed by atoms with Crippen molar-refractivity contribution in [1.82, 2.24) is 14.8 Å². The topological polar surface area (TPSA) is 59.8 Å². The number of hydrogen-bond acceptors (Lipinski definition) is 5. The van der Waals surface area contributed by atoms with E-state index in [0.717, 1.165) is 10.7 Å². The number of nitrogens with zero attached hydrogens (tertiary/aromatic N) is 3. The van der Waals surface area contributed by atoms with Gasteiger partial charge in [-0.05, 0) is 43.0 Å². The van der Waals surface area contributed by atoms with Gasteiger partial charge in [0.1, 0.15) is 5.82 Å². The average molecular weight is 376 g/mol. The Morgan fingerprint density at radius 2 is 2.16 bits per heavy atom. The fraction of sp³-hybridized carbons (Fsp3) is 0.235. The summed E-state index contributed by atoms with van der Waals surface area (Å²) < 4.78 is 15.5. The van der Waals surface area contributed by atoms with Crippen molar-refractivity contribution in [1.29, 1.82) is 0 Å². The first-order valence-corrected chi connectivity index (χ1v) is 9.38. The molecule has 0 aliphatic carbocycles. The molecule has 130 valence electrons. The molecule has 2 aromatic heterocycles. The number of carbonyl (C=O) groups excluding carboxylic acids is 1. The van der Waals surface area contributed by atoms with Gasteiger partial charge in [-0.15, -0.1) is 21.5 Å². The predicted octanol–water partition coefficient (Wildman–Crippen LogP) is 4.11.